The Morgan fingerprint density at radius 3 is 2.71 bits per heavy atom. The monoisotopic (exact) mass is 274 g/mol. The van der Waals surface area contributed by atoms with Crippen LogP contribution in [0.3, 0.4) is 0 Å². The first-order valence-electron chi connectivity index (χ1n) is 7.46. The van der Waals surface area contributed by atoms with Crippen LogP contribution in [-0.4, -0.2) is 11.5 Å². The Labute approximate surface area is 125 Å². The first-order valence-corrected chi connectivity index (χ1v) is 7.46. The van der Waals surface area contributed by atoms with Gasteiger partial charge in [0.05, 0.1) is 5.52 Å². The molecule has 1 aliphatic heterocycles. The molecule has 21 heavy (non-hydrogen) atoms. The molecular weight excluding hydrogens is 256 g/mol. The molecule has 2 heteroatoms. The Kier molecular flexibility index (Phi) is 2.71. The lowest BCUT2D eigenvalue weighted by Gasteiger charge is -2.20. The van der Waals surface area contributed by atoms with E-state index in [9.17, 15) is 0 Å². The molecule has 0 spiro atoms. The average molecular weight is 274 g/mol. The van der Waals surface area contributed by atoms with Crippen LogP contribution in [0, 0.1) is 13.8 Å². The van der Waals surface area contributed by atoms with E-state index in [2.05, 4.69) is 67.3 Å². The quantitative estimate of drug-likeness (QED) is 0.647. The van der Waals surface area contributed by atoms with Crippen LogP contribution in [0.15, 0.2) is 48.5 Å². The summed E-state index contributed by atoms with van der Waals surface area (Å²) in [6.07, 6.45) is 1.07. The SMILES string of the molecule is Cc1ccc2cc3c(nc2c1)N(c1ccccc1C)CC3. The summed E-state index contributed by atoms with van der Waals surface area (Å²) in [5.74, 6) is 1.13. The van der Waals surface area contributed by atoms with Crippen LogP contribution in [0.25, 0.3) is 10.9 Å². The van der Waals surface area contributed by atoms with Crippen LogP contribution in [0.5, 0.6) is 0 Å². The molecule has 0 fully saturated rings. The van der Waals surface area contributed by atoms with E-state index in [1.54, 1.807) is 0 Å². The number of anilines is 2. The molecule has 4 rings (SSSR count). The van der Waals surface area contributed by atoms with Crippen molar-refractivity contribution in [2.45, 2.75) is 20.3 Å². The number of fused-ring (bicyclic) bond motifs is 2. The Morgan fingerprint density at radius 1 is 1.00 bits per heavy atom. The third kappa shape index (κ3) is 1.99. The van der Waals surface area contributed by atoms with Gasteiger partial charge in [0.1, 0.15) is 5.82 Å². The molecule has 0 atom stereocenters. The fourth-order valence-corrected chi connectivity index (χ4v) is 3.17. The maximum Gasteiger partial charge on any atom is 0.137 e. The number of hydrogen-bond acceptors (Lipinski definition) is 2. The number of rotatable bonds is 1. The van der Waals surface area contributed by atoms with Gasteiger partial charge in [-0.25, -0.2) is 4.98 Å². The van der Waals surface area contributed by atoms with Gasteiger partial charge in [0.15, 0.2) is 0 Å². The molecule has 0 saturated carbocycles. The van der Waals surface area contributed by atoms with Crippen molar-refractivity contribution in [3.63, 3.8) is 0 Å². The van der Waals surface area contributed by atoms with Gasteiger partial charge in [0.2, 0.25) is 0 Å². The Morgan fingerprint density at radius 2 is 1.86 bits per heavy atom. The van der Waals surface area contributed by atoms with E-state index in [-0.39, 0.29) is 0 Å². The third-order valence-corrected chi connectivity index (χ3v) is 4.30. The topological polar surface area (TPSA) is 16.1 Å². The van der Waals surface area contributed by atoms with Crippen molar-refractivity contribution in [2.24, 2.45) is 0 Å². The number of hydrogen-bond donors (Lipinski definition) is 0. The Bertz CT molecular complexity index is 836. The molecule has 0 unspecified atom stereocenters. The second-order valence-electron chi connectivity index (χ2n) is 5.86. The van der Waals surface area contributed by atoms with E-state index in [4.69, 9.17) is 4.98 Å². The molecule has 0 aliphatic carbocycles. The summed E-state index contributed by atoms with van der Waals surface area (Å²) < 4.78 is 0. The van der Waals surface area contributed by atoms with Crippen LogP contribution < -0.4 is 4.90 Å². The Hall–Kier alpha value is -2.35. The zero-order chi connectivity index (χ0) is 14.4. The van der Waals surface area contributed by atoms with Gasteiger partial charge in [0.25, 0.3) is 0 Å². The van der Waals surface area contributed by atoms with Crippen LogP contribution in [0.2, 0.25) is 0 Å². The van der Waals surface area contributed by atoms with Gasteiger partial charge in [-0.3, -0.25) is 0 Å². The predicted octanol–water partition coefficient (Wildman–Crippen LogP) is 4.55. The molecule has 0 saturated heterocycles. The van der Waals surface area contributed by atoms with Crippen molar-refractivity contribution in [1.29, 1.82) is 0 Å². The van der Waals surface area contributed by atoms with Crippen molar-refractivity contribution < 1.29 is 0 Å². The molecule has 1 aliphatic rings. The van der Waals surface area contributed by atoms with Crippen molar-refractivity contribution in [3.8, 4) is 0 Å². The van der Waals surface area contributed by atoms with E-state index in [1.807, 2.05) is 0 Å². The molecule has 2 aromatic carbocycles. The molecular formula is C19H18N2. The summed E-state index contributed by atoms with van der Waals surface area (Å²) in [5, 5.41) is 1.24. The average Bonchev–Trinajstić information content (AvgIpc) is 2.88. The third-order valence-electron chi connectivity index (χ3n) is 4.30. The number of pyridine rings is 1. The van der Waals surface area contributed by atoms with Gasteiger partial charge in [-0.05, 0) is 55.2 Å². The summed E-state index contributed by atoms with van der Waals surface area (Å²) >= 11 is 0. The number of aryl methyl sites for hydroxylation is 2. The summed E-state index contributed by atoms with van der Waals surface area (Å²) in [6.45, 7) is 5.30. The van der Waals surface area contributed by atoms with Crippen molar-refractivity contribution in [2.75, 3.05) is 11.4 Å². The standard InChI is InChI=1S/C19H18N2/c1-13-7-8-15-12-16-9-10-21(19(16)20-17(15)11-13)18-6-4-3-5-14(18)2/h3-8,11-12H,9-10H2,1-2H3. The maximum atomic E-state index is 4.94. The summed E-state index contributed by atoms with van der Waals surface area (Å²) in [4.78, 5) is 7.30. The highest BCUT2D eigenvalue weighted by Crippen LogP contribution is 2.36. The lowest BCUT2D eigenvalue weighted by molar-refractivity contribution is 0.986. The van der Waals surface area contributed by atoms with Crippen LogP contribution in [0.1, 0.15) is 16.7 Å². The normalized spacial score (nSPS) is 13.7. The van der Waals surface area contributed by atoms with Crippen LogP contribution >= 0.6 is 0 Å². The highest BCUT2D eigenvalue weighted by Gasteiger charge is 2.23. The lowest BCUT2D eigenvalue weighted by Crippen LogP contribution is -2.15. The highest BCUT2D eigenvalue weighted by atomic mass is 15.2. The number of nitrogens with zero attached hydrogens (tertiary/aromatic N) is 2. The number of benzene rings is 2. The van der Waals surface area contributed by atoms with Crippen molar-refractivity contribution in [3.05, 3.63) is 65.2 Å². The van der Waals surface area contributed by atoms with Gasteiger partial charge in [-0.1, -0.05) is 30.3 Å². The summed E-state index contributed by atoms with van der Waals surface area (Å²) in [5.41, 5.74) is 6.28. The zero-order valence-electron chi connectivity index (χ0n) is 12.4. The van der Waals surface area contributed by atoms with Gasteiger partial charge in [-0.2, -0.15) is 0 Å². The summed E-state index contributed by atoms with van der Waals surface area (Å²) in [7, 11) is 0. The maximum absolute atomic E-state index is 4.94. The Balaban J connectivity index is 1.89. The van der Waals surface area contributed by atoms with Crippen LogP contribution in [-0.2, 0) is 6.42 Å². The fraction of sp³-hybridized carbons (Fsp3) is 0.211. The second kappa shape index (κ2) is 4.59. The van der Waals surface area contributed by atoms with Crippen LogP contribution in [0.4, 0.5) is 11.5 Å². The van der Waals surface area contributed by atoms with Crippen molar-refractivity contribution in [1.82, 2.24) is 4.98 Å². The van der Waals surface area contributed by atoms with E-state index < -0.39 is 0 Å². The minimum atomic E-state index is 1.02. The van der Waals surface area contributed by atoms with Gasteiger partial charge in [0, 0.05) is 17.6 Å². The molecule has 104 valence electrons. The van der Waals surface area contributed by atoms with Gasteiger partial charge in [-0.15, -0.1) is 0 Å². The van der Waals surface area contributed by atoms with E-state index >= 15 is 0 Å². The molecule has 0 amide bonds. The van der Waals surface area contributed by atoms with E-state index in [0.717, 1.165) is 24.3 Å². The largest absolute Gasteiger partial charge is 0.326 e. The first-order chi connectivity index (χ1) is 10.2. The van der Waals surface area contributed by atoms with E-state index in [1.165, 1.54) is 27.8 Å². The molecule has 0 radical (unpaired) electrons. The molecule has 0 N–H and O–H groups in total. The van der Waals surface area contributed by atoms with Gasteiger partial charge >= 0.3 is 0 Å². The number of para-hydroxylation sites is 1. The molecule has 3 aromatic rings. The molecule has 2 nitrogen and oxygen atoms in total. The van der Waals surface area contributed by atoms with Gasteiger partial charge < -0.3 is 4.90 Å². The lowest BCUT2D eigenvalue weighted by atomic mass is 10.1. The predicted molar refractivity (Wildman–Crippen MR) is 88.4 cm³/mol. The molecule has 1 aromatic heterocycles. The molecule has 0 bridgehead atoms. The minimum Gasteiger partial charge on any atom is -0.326 e. The summed E-state index contributed by atoms with van der Waals surface area (Å²) in [6, 6.07) is 17.3. The minimum absolute atomic E-state index is 1.02. The zero-order valence-corrected chi connectivity index (χ0v) is 12.4. The first kappa shape index (κ1) is 12.4. The van der Waals surface area contributed by atoms with Crippen molar-refractivity contribution >= 4 is 22.4 Å². The fourth-order valence-electron chi connectivity index (χ4n) is 3.17. The van der Waals surface area contributed by atoms with E-state index in [0.29, 0.717) is 0 Å². The second-order valence-corrected chi connectivity index (χ2v) is 5.86. The smallest absolute Gasteiger partial charge is 0.137 e. The highest BCUT2D eigenvalue weighted by molar-refractivity contribution is 5.84. The molecule has 2 heterocycles. The number of aromatic nitrogens is 1.